The number of hydrogen-bond donors (Lipinski definition) is 4. The molecule has 5 N–H and O–H groups in total. The molecule has 1 unspecified atom stereocenters. The highest BCUT2D eigenvalue weighted by Crippen LogP contribution is 2.43. The Kier molecular flexibility index (Phi) is 35.8. The van der Waals surface area contributed by atoms with Crippen LogP contribution in [0.2, 0.25) is 0 Å². The topological polar surface area (TPSA) is 158 Å². The quantitative estimate of drug-likeness (QED) is 0.0158. The number of carbonyl (C=O) groups excluding carboxylic acids is 1. The number of unbranched alkanes of at least 4 members (excludes halogenated alkanes) is 14. The molecule has 0 radical (unpaired) electrons. The van der Waals surface area contributed by atoms with Crippen LogP contribution in [0, 0.1) is 0 Å². The van der Waals surface area contributed by atoms with Crippen molar-refractivity contribution in [3.05, 3.63) is 60.9 Å². The molecule has 0 aliphatic heterocycles. The van der Waals surface area contributed by atoms with Crippen molar-refractivity contribution in [2.24, 2.45) is 5.73 Å². The highest BCUT2D eigenvalue weighted by molar-refractivity contribution is 7.47. The van der Waals surface area contributed by atoms with Gasteiger partial charge in [0, 0.05) is 13.0 Å². The van der Waals surface area contributed by atoms with E-state index in [2.05, 4.69) is 13.8 Å². The average molecular weight is 756 g/mol. The van der Waals surface area contributed by atoms with Gasteiger partial charge in [-0.05, 0) is 44.6 Å². The molecule has 0 aliphatic rings. The summed E-state index contributed by atoms with van der Waals surface area (Å²) < 4.78 is 32.9. The van der Waals surface area contributed by atoms with E-state index in [9.17, 15) is 24.5 Å². The Morgan fingerprint density at radius 2 is 1.23 bits per heavy atom. The third-order valence-electron chi connectivity index (χ3n) is 8.21. The Morgan fingerprint density at radius 1 is 0.692 bits per heavy atom. The third kappa shape index (κ3) is 36.3. The van der Waals surface area contributed by atoms with Crippen LogP contribution in [0.25, 0.3) is 0 Å². The van der Waals surface area contributed by atoms with Crippen LogP contribution in [0.4, 0.5) is 0 Å². The van der Waals surface area contributed by atoms with Crippen LogP contribution in [-0.2, 0) is 27.9 Å². The minimum absolute atomic E-state index is 0.0533. The smallest absolute Gasteiger partial charge is 0.472 e. The standard InChI is InChI=1S/C41H74NO9P/c1-3-5-7-8-9-10-11-12-13-14-15-19-22-26-34-48-36-40(37-50-52(46,47)49-35-33-42)51-41(45)32-27-31-39(44)30-25-21-18-16-17-20-24-29-38(43)28-23-6-4-2/h17-18,20-21,24-26,29-30,34,38-40,43-44H,3-16,19,22-23,27-28,31-33,35-37,42H2,1-2H3,(H,46,47)/b20-17-,21-18-,29-24+,30-25+,34-26+/t38-,39-,40-/m1/s1. The van der Waals surface area contributed by atoms with Crippen molar-refractivity contribution in [2.45, 2.75) is 167 Å². The van der Waals surface area contributed by atoms with Crippen molar-refractivity contribution < 1.29 is 43.0 Å². The molecular weight excluding hydrogens is 681 g/mol. The lowest BCUT2D eigenvalue weighted by Gasteiger charge is -2.19. The van der Waals surface area contributed by atoms with E-state index in [0.29, 0.717) is 12.8 Å². The van der Waals surface area contributed by atoms with Crippen molar-refractivity contribution >= 4 is 13.8 Å². The summed E-state index contributed by atoms with van der Waals surface area (Å²) in [6.07, 6.45) is 38.2. The molecule has 0 spiro atoms. The van der Waals surface area contributed by atoms with Gasteiger partial charge >= 0.3 is 13.8 Å². The SMILES string of the molecule is CCCCCCCCCCCCCC/C=C/OC[C@H](COP(=O)(O)OCCN)OC(=O)CCC[C@H](O)/C=C/C=C\C/C=C\C=C\[C@H](O)CCCCC. The lowest BCUT2D eigenvalue weighted by atomic mass is 10.0. The Bertz CT molecular complexity index is 1010. The van der Waals surface area contributed by atoms with E-state index in [0.717, 1.165) is 44.9 Å². The summed E-state index contributed by atoms with van der Waals surface area (Å²) in [4.78, 5) is 22.4. The molecule has 0 heterocycles. The fourth-order valence-electron chi connectivity index (χ4n) is 5.17. The number of esters is 1. The Labute approximate surface area is 316 Å². The first-order valence-corrected chi connectivity index (χ1v) is 21.5. The second-order valence-corrected chi connectivity index (χ2v) is 14.7. The summed E-state index contributed by atoms with van der Waals surface area (Å²) in [5.74, 6) is -0.529. The number of phosphoric acid groups is 1. The number of ether oxygens (including phenoxy) is 2. The zero-order valence-corrected chi connectivity index (χ0v) is 33.4. The molecule has 4 atom stereocenters. The molecule has 0 aliphatic carbocycles. The summed E-state index contributed by atoms with van der Waals surface area (Å²) in [7, 11) is -4.36. The maximum Gasteiger partial charge on any atom is 0.472 e. The molecule has 0 rings (SSSR count). The van der Waals surface area contributed by atoms with Crippen LogP contribution in [-0.4, -0.2) is 65.8 Å². The van der Waals surface area contributed by atoms with E-state index in [1.807, 2.05) is 36.5 Å². The van der Waals surface area contributed by atoms with Crippen molar-refractivity contribution in [2.75, 3.05) is 26.4 Å². The normalized spacial score (nSPS) is 15.3. The van der Waals surface area contributed by atoms with Gasteiger partial charge in [0.05, 0.1) is 31.7 Å². The largest absolute Gasteiger partial charge is 0.498 e. The Morgan fingerprint density at radius 3 is 1.81 bits per heavy atom. The number of rotatable bonds is 37. The molecule has 0 amide bonds. The lowest BCUT2D eigenvalue weighted by molar-refractivity contribution is -0.153. The van der Waals surface area contributed by atoms with Gasteiger partial charge in [0.25, 0.3) is 0 Å². The number of nitrogens with two attached hydrogens (primary N) is 1. The van der Waals surface area contributed by atoms with Crippen LogP contribution in [0.5, 0.6) is 0 Å². The summed E-state index contributed by atoms with van der Waals surface area (Å²) in [5.41, 5.74) is 5.34. The van der Waals surface area contributed by atoms with Crippen LogP contribution in [0.15, 0.2) is 60.9 Å². The van der Waals surface area contributed by atoms with E-state index in [1.54, 1.807) is 24.5 Å². The van der Waals surface area contributed by atoms with Gasteiger partial charge in [-0.25, -0.2) is 4.57 Å². The zero-order chi connectivity index (χ0) is 38.4. The number of carbonyl (C=O) groups is 1. The van der Waals surface area contributed by atoms with Gasteiger partial charge in [0.1, 0.15) is 6.61 Å². The molecule has 10 nitrogen and oxygen atoms in total. The third-order valence-corrected chi connectivity index (χ3v) is 9.19. The molecule has 0 saturated carbocycles. The summed E-state index contributed by atoms with van der Waals surface area (Å²) >= 11 is 0. The summed E-state index contributed by atoms with van der Waals surface area (Å²) in [6, 6.07) is 0. The van der Waals surface area contributed by atoms with Crippen molar-refractivity contribution in [1.29, 1.82) is 0 Å². The second-order valence-electron chi connectivity index (χ2n) is 13.3. The van der Waals surface area contributed by atoms with E-state index >= 15 is 0 Å². The first kappa shape index (κ1) is 50.0. The second kappa shape index (κ2) is 37.3. The van der Waals surface area contributed by atoms with Crippen LogP contribution >= 0.6 is 7.82 Å². The van der Waals surface area contributed by atoms with Crippen LogP contribution in [0.1, 0.15) is 149 Å². The lowest BCUT2D eigenvalue weighted by Crippen LogP contribution is -2.28. The van der Waals surface area contributed by atoms with E-state index in [-0.39, 0.29) is 32.8 Å². The molecule has 0 fully saturated rings. The van der Waals surface area contributed by atoms with Gasteiger partial charge in [-0.2, -0.15) is 0 Å². The fourth-order valence-corrected chi connectivity index (χ4v) is 5.94. The Balaban J connectivity index is 4.41. The first-order chi connectivity index (χ1) is 25.2. The van der Waals surface area contributed by atoms with Crippen molar-refractivity contribution in [3.63, 3.8) is 0 Å². The number of aliphatic hydroxyl groups is 2. The fraction of sp³-hybridized carbons (Fsp3) is 0.732. The van der Waals surface area contributed by atoms with Gasteiger partial charge < -0.3 is 30.3 Å². The summed E-state index contributed by atoms with van der Waals surface area (Å²) in [6.45, 7) is 3.85. The highest BCUT2D eigenvalue weighted by Gasteiger charge is 2.25. The Hall–Kier alpha value is -2.04. The van der Waals surface area contributed by atoms with Crippen LogP contribution < -0.4 is 5.73 Å². The van der Waals surface area contributed by atoms with E-state index in [1.165, 1.54) is 70.6 Å². The molecule has 0 aromatic rings. The van der Waals surface area contributed by atoms with Gasteiger partial charge in [-0.1, -0.05) is 152 Å². The van der Waals surface area contributed by atoms with Crippen LogP contribution in [0.3, 0.4) is 0 Å². The predicted octanol–water partition coefficient (Wildman–Crippen LogP) is 9.70. The summed E-state index contributed by atoms with van der Waals surface area (Å²) in [5, 5.41) is 20.1. The number of aliphatic hydroxyl groups excluding tert-OH is 2. The minimum Gasteiger partial charge on any atom is -0.498 e. The molecule has 0 bridgehead atoms. The average Bonchev–Trinajstić information content (AvgIpc) is 3.12. The number of phosphoric ester groups is 1. The highest BCUT2D eigenvalue weighted by atomic mass is 31.2. The van der Waals surface area contributed by atoms with Crippen molar-refractivity contribution in [3.8, 4) is 0 Å². The first-order valence-electron chi connectivity index (χ1n) is 20.0. The van der Waals surface area contributed by atoms with Gasteiger partial charge in [-0.15, -0.1) is 0 Å². The van der Waals surface area contributed by atoms with Crippen molar-refractivity contribution in [1.82, 2.24) is 0 Å². The molecule has 302 valence electrons. The maximum absolute atomic E-state index is 12.5. The monoisotopic (exact) mass is 756 g/mol. The molecule has 0 saturated heterocycles. The number of hydrogen-bond acceptors (Lipinski definition) is 9. The molecular formula is C41H74NO9P. The van der Waals surface area contributed by atoms with E-state index < -0.39 is 32.1 Å². The molecule has 0 aromatic heterocycles. The van der Waals surface area contributed by atoms with Gasteiger partial charge in [-0.3, -0.25) is 13.8 Å². The van der Waals surface area contributed by atoms with Gasteiger partial charge in [0.15, 0.2) is 6.10 Å². The molecule has 52 heavy (non-hydrogen) atoms. The molecule has 0 aromatic carbocycles. The predicted molar refractivity (Wildman–Crippen MR) is 213 cm³/mol. The van der Waals surface area contributed by atoms with E-state index in [4.69, 9.17) is 24.3 Å². The van der Waals surface area contributed by atoms with Gasteiger partial charge in [0.2, 0.25) is 0 Å². The molecule has 11 heteroatoms. The number of allylic oxidation sites excluding steroid dienone is 7. The zero-order valence-electron chi connectivity index (χ0n) is 32.5. The minimum atomic E-state index is -4.36. The maximum atomic E-state index is 12.5.